The van der Waals surface area contributed by atoms with Gasteiger partial charge in [-0.25, -0.2) is 4.79 Å². The number of benzene rings is 1. The fourth-order valence-electron chi connectivity index (χ4n) is 3.63. The lowest BCUT2D eigenvalue weighted by molar-refractivity contribution is -0.149. The summed E-state index contributed by atoms with van der Waals surface area (Å²) in [6.45, 7) is 8.43. The summed E-state index contributed by atoms with van der Waals surface area (Å²) < 4.78 is 5.77. The fourth-order valence-corrected chi connectivity index (χ4v) is 3.63. The molecule has 1 fully saturated rings. The van der Waals surface area contributed by atoms with E-state index in [0.29, 0.717) is 17.8 Å². The largest absolute Gasteiger partial charge is 0.459 e. The Labute approximate surface area is 152 Å². The SMILES string of the molecule is CC(C)[C@@H]1CC[C@@H](C)C[C@H]1OC(=O)/C=C/CCNCc1ccccc1. The molecular weight excluding hydrogens is 310 g/mol. The standard InChI is InChI=1S/C22H33NO2/c1-17(2)20-13-12-18(3)15-21(20)25-22(24)11-7-8-14-23-16-19-9-5-4-6-10-19/h4-7,9-11,17-18,20-21,23H,8,12-16H2,1-3H3/b11-7+/t18-,20+,21-/m1/s1. The van der Waals surface area contributed by atoms with Crippen LogP contribution in [0.1, 0.15) is 52.0 Å². The maximum Gasteiger partial charge on any atom is 0.330 e. The van der Waals surface area contributed by atoms with Crippen molar-refractivity contribution in [3.05, 3.63) is 48.0 Å². The first-order valence-electron chi connectivity index (χ1n) is 9.68. The molecule has 0 spiro atoms. The molecule has 0 heterocycles. The van der Waals surface area contributed by atoms with E-state index >= 15 is 0 Å². The molecule has 1 N–H and O–H groups in total. The number of rotatable bonds is 8. The minimum Gasteiger partial charge on any atom is -0.459 e. The van der Waals surface area contributed by atoms with Crippen LogP contribution in [0.3, 0.4) is 0 Å². The predicted molar refractivity (Wildman–Crippen MR) is 103 cm³/mol. The van der Waals surface area contributed by atoms with Gasteiger partial charge in [0.05, 0.1) is 0 Å². The van der Waals surface area contributed by atoms with E-state index < -0.39 is 0 Å². The third-order valence-electron chi connectivity index (χ3n) is 5.14. The van der Waals surface area contributed by atoms with Gasteiger partial charge in [-0.2, -0.15) is 0 Å². The molecule has 0 unspecified atom stereocenters. The molecule has 1 aromatic rings. The number of hydrogen-bond acceptors (Lipinski definition) is 3. The number of nitrogens with one attached hydrogen (secondary N) is 1. The smallest absolute Gasteiger partial charge is 0.330 e. The minimum absolute atomic E-state index is 0.0807. The molecule has 1 saturated carbocycles. The van der Waals surface area contributed by atoms with Crippen LogP contribution >= 0.6 is 0 Å². The Morgan fingerprint density at radius 3 is 2.76 bits per heavy atom. The van der Waals surface area contributed by atoms with Crippen molar-refractivity contribution in [1.82, 2.24) is 5.32 Å². The average Bonchev–Trinajstić information content (AvgIpc) is 2.58. The molecular formula is C22H33NO2. The normalized spacial score (nSPS) is 23.9. The second-order valence-corrected chi connectivity index (χ2v) is 7.65. The lowest BCUT2D eigenvalue weighted by Crippen LogP contribution is -2.35. The van der Waals surface area contributed by atoms with Crippen LogP contribution in [0, 0.1) is 17.8 Å². The molecule has 1 aliphatic carbocycles. The van der Waals surface area contributed by atoms with Crippen molar-refractivity contribution < 1.29 is 9.53 Å². The highest BCUT2D eigenvalue weighted by molar-refractivity contribution is 5.82. The number of carbonyl (C=O) groups is 1. The lowest BCUT2D eigenvalue weighted by atomic mass is 9.75. The number of hydrogen-bond donors (Lipinski definition) is 1. The molecule has 2 rings (SSSR count). The highest BCUT2D eigenvalue weighted by Gasteiger charge is 2.32. The van der Waals surface area contributed by atoms with Gasteiger partial charge in [-0.1, -0.05) is 63.6 Å². The van der Waals surface area contributed by atoms with Gasteiger partial charge in [-0.3, -0.25) is 0 Å². The summed E-state index contributed by atoms with van der Waals surface area (Å²) in [5.74, 6) is 1.53. The molecule has 3 heteroatoms. The maximum atomic E-state index is 12.1. The zero-order valence-electron chi connectivity index (χ0n) is 15.9. The topological polar surface area (TPSA) is 38.3 Å². The molecule has 0 aromatic heterocycles. The molecule has 0 saturated heterocycles. The summed E-state index contributed by atoms with van der Waals surface area (Å²) >= 11 is 0. The Hall–Kier alpha value is -1.61. The van der Waals surface area contributed by atoms with Crippen molar-refractivity contribution in [1.29, 1.82) is 0 Å². The third-order valence-corrected chi connectivity index (χ3v) is 5.14. The van der Waals surface area contributed by atoms with E-state index in [2.05, 4.69) is 38.2 Å². The molecule has 25 heavy (non-hydrogen) atoms. The van der Waals surface area contributed by atoms with Crippen LogP contribution < -0.4 is 5.32 Å². The van der Waals surface area contributed by atoms with Gasteiger partial charge < -0.3 is 10.1 Å². The van der Waals surface area contributed by atoms with E-state index in [4.69, 9.17) is 4.74 Å². The van der Waals surface area contributed by atoms with Gasteiger partial charge >= 0.3 is 5.97 Å². The Kier molecular flexibility index (Phi) is 8.20. The summed E-state index contributed by atoms with van der Waals surface area (Å²) in [7, 11) is 0. The van der Waals surface area contributed by atoms with Gasteiger partial charge in [-0.05, 0) is 49.1 Å². The first-order valence-corrected chi connectivity index (χ1v) is 9.68. The van der Waals surface area contributed by atoms with Crippen molar-refractivity contribution in [2.45, 2.75) is 59.1 Å². The van der Waals surface area contributed by atoms with Gasteiger partial charge in [-0.15, -0.1) is 0 Å². The van der Waals surface area contributed by atoms with Gasteiger partial charge in [0.25, 0.3) is 0 Å². The van der Waals surface area contributed by atoms with Crippen LogP contribution in [-0.4, -0.2) is 18.6 Å². The molecule has 0 radical (unpaired) electrons. The van der Waals surface area contributed by atoms with Crippen molar-refractivity contribution in [3.8, 4) is 0 Å². The zero-order valence-corrected chi connectivity index (χ0v) is 15.9. The second-order valence-electron chi connectivity index (χ2n) is 7.65. The number of carbonyl (C=O) groups excluding carboxylic acids is 1. The van der Waals surface area contributed by atoms with Crippen LogP contribution in [0.5, 0.6) is 0 Å². The summed E-state index contributed by atoms with van der Waals surface area (Å²) in [6.07, 6.45) is 7.84. The Morgan fingerprint density at radius 2 is 2.04 bits per heavy atom. The minimum atomic E-state index is -0.187. The Balaban J connectivity index is 1.67. The van der Waals surface area contributed by atoms with Crippen LogP contribution in [0.25, 0.3) is 0 Å². The first kappa shape index (κ1) is 19.7. The molecule has 1 aromatic carbocycles. The summed E-state index contributed by atoms with van der Waals surface area (Å²) in [6, 6.07) is 10.3. The highest BCUT2D eigenvalue weighted by atomic mass is 16.5. The molecule has 0 amide bonds. The van der Waals surface area contributed by atoms with E-state index in [9.17, 15) is 4.79 Å². The van der Waals surface area contributed by atoms with E-state index in [1.165, 1.54) is 18.4 Å². The zero-order chi connectivity index (χ0) is 18.1. The molecule has 0 aliphatic heterocycles. The average molecular weight is 344 g/mol. The van der Waals surface area contributed by atoms with Crippen LogP contribution in [-0.2, 0) is 16.1 Å². The van der Waals surface area contributed by atoms with Gasteiger partial charge in [0.1, 0.15) is 6.10 Å². The van der Waals surface area contributed by atoms with E-state index in [-0.39, 0.29) is 12.1 Å². The second kappa shape index (κ2) is 10.4. The van der Waals surface area contributed by atoms with E-state index in [1.807, 2.05) is 24.3 Å². The van der Waals surface area contributed by atoms with Crippen LogP contribution in [0.4, 0.5) is 0 Å². The first-order chi connectivity index (χ1) is 12.1. The van der Waals surface area contributed by atoms with Crippen molar-refractivity contribution >= 4 is 5.97 Å². The van der Waals surface area contributed by atoms with Gasteiger partial charge in [0, 0.05) is 12.6 Å². The van der Waals surface area contributed by atoms with Gasteiger partial charge in [0.2, 0.25) is 0 Å². The quantitative estimate of drug-likeness (QED) is 0.421. The molecule has 1 aliphatic rings. The van der Waals surface area contributed by atoms with Crippen molar-refractivity contribution in [2.24, 2.45) is 17.8 Å². The Bertz CT molecular complexity index is 538. The highest BCUT2D eigenvalue weighted by Crippen LogP contribution is 2.35. The van der Waals surface area contributed by atoms with Crippen molar-refractivity contribution in [2.75, 3.05) is 6.54 Å². The molecule has 3 nitrogen and oxygen atoms in total. The summed E-state index contributed by atoms with van der Waals surface area (Å²) in [5, 5.41) is 3.38. The summed E-state index contributed by atoms with van der Waals surface area (Å²) in [4.78, 5) is 12.1. The Morgan fingerprint density at radius 1 is 1.28 bits per heavy atom. The van der Waals surface area contributed by atoms with Crippen molar-refractivity contribution in [3.63, 3.8) is 0 Å². The van der Waals surface area contributed by atoms with Gasteiger partial charge in [0.15, 0.2) is 0 Å². The molecule has 3 atom stereocenters. The van der Waals surface area contributed by atoms with Crippen LogP contribution in [0.15, 0.2) is 42.5 Å². The summed E-state index contributed by atoms with van der Waals surface area (Å²) in [5.41, 5.74) is 1.28. The third kappa shape index (κ3) is 7.03. The van der Waals surface area contributed by atoms with E-state index in [1.54, 1.807) is 6.08 Å². The fraction of sp³-hybridized carbons (Fsp3) is 0.591. The number of esters is 1. The molecule has 0 bridgehead atoms. The molecule has 138 valence electrons. The monoisotopic (exact) mass is 343 g/mol. The van der Waals surface area contributed by atoms with E-state index in [0.717, 1.165) is 25.9 Å². The maximum absolute atomic E-state index is 12.1. The predicted octanol–water partition coefficient (Wildman–Crippen LogP) is 4.73. The lowest BCUT2D eigenvalue weighted by Gasteiger charge is -2.36. The number of ether oxygens (including phenoxy) is 1. The van der Waals surface area contributed by atoms with Crippen LogP contribution in [0.2, 0.25) is 0 Å².